The summed E-state index contributed by atoms with van der Waals surface area (Å²) in [6.07, 6.45) is 0.194. The number of anilines is 1. The highest BCUT2D eigenvalue weighted by molar-refractivity contribution is 7.14. The highest BCUT2D eigenvalue weighted by Crippen LogP contribution is 2.24. The fourth-order valence-electron chi connectivity index (χ4n) is 1.41. The summed E-state index contributed by atoms with van der Waals surface area (Å²) < 4.78 is 5.18. The summed E-state index contributed by atoms with van der Waals surface area (Å²) in [7, 11) is 1.71. The molecule has 17 heavy (non-hydrogen) atoms. The van der Waals surface area contributed by atoms with Crippen LogP contribution in [0.5, 0.6) is 0 Å². The second kappa shape index (κ2) is 5.80. The number of ether oxygens (including phenoxy) is 1. The van der Waals surface area contributed by atoms with E-state index in [1.165, 1.54) is 0 Å². The van der Waals surface area contributed by atoms with Gasteiger partial charge in [0.25, 0.3) is 0 Å². The van der Waals surface area contributed by atoms with Crippen molar-refractivity contribution in [3.8, 4) is 11.3 Å². The molecule has 0 aliphatic carbocycles. The maximum absolute atomic E-state index is 5.18. The Morgan fingerprint density at radius 3 is 2.82 bits per heavy atom. The Labute approximate surface area is 105 Å². The van der Waals surface area contributed by atoms with Gasteiger partial charge in [-0.15, -0.1) is 11.3 Å². The minimum absolute atomic E-state index is 0.194. The first kappa shape index (κ1) is 12.1. The lowest BCUT2D eigenvalue weighted by molar-refractivity contribution is 0.129. The van der Waals surface area contributed by atoms with Crippen molar-refractivity contribution in [1.29, 1.82) is 0 Å². The van der Waals surface area contributed by atoms with E-state index in [1.54, 1.807) is 18.4 Å². The average Bonchev–Trinajstić information content (AvgIpc) is 2.86. The van der Waals surface area contributed by atoms with E-state index in [2.05, 4.69) is 27.8 Å². The Morgan fingerprint density at radius 1 is 1.35 bits per heavy atom. The van der Waals surface area contributed by atoms with Crippen LogP contribution in [-0.2, 0) is 4.74 Å². The molecule has 90 valence electrons. The monoisotopic (exact) mass is 248 g/mol. The zero-order valence-corrected chi connectivity index (χ0v) is 10.8. The Balaban J connectivity index is 2.01. The lowest BCUT2D eigenvalue weighted by Gasteiger charge is -2.09. The third kappa shape index (κ3) is 3.28. The van der Waals surface area contributed by atoms with Crippen molar-refractivity contribution in [2.75, 3.05) is 19.0 Å². The first-order valence-electron chi connectivity index (χ1n) is 5.57. The molecule has 0 aliphatic heterocycles. The minimum Gasteiger partial charge on any atom is -0.380 e. The number of hydrogen-bond donors (Lipinski definition) is 1. The van der Waals surface area contributed by atoms with Gasteiger partial charge in [-0.05, 0) is 6.92 Å². The van der Waals surface area contributed by atoms with Crippen LogP contribution in [0.15, 0.2) is 35.7 Å². The lowest BCUT2D eigenvalue weighted by atomic mass is 10.2. The van der Waals surface area contributed by atoms with E-state index in [1.807, 2.05) is 25.1 Å². The second-order valence-corrected chi connectivity index (χ2v) is 4.69. The van der Waals surface area contributed by atoms with Crippen LogP contribution < -0.4 is 5.32 Å². The number of nitrogens with zero attached hydrogens (tertiary/aromatic N) is 1. The van der Waals surface area contributed by atoms with E-state index >= 15 is 0 Å². The highest BCUT2D eigenvalue weighted by Gasteiger charge is 2.05. The number of rotatable bonds is 5. The molecular weight excluding hydrogens is 232 g/mol. The van der Waals surface area contributed by atoms with Gasteiger partial charge < -0.3 is 10.1 Å². The minimum atomic E-state index is 0.194. The van der Waals surface area contributed by atoms with E-state index in [0.717, 1.165) is 22.9 Å². The van der Waals surface area contributed by atoms with Crippen LogP contribution in [-0.4, -0.2) is 24.7 Å². The molecule has 2 rings (SSSR count). The van der Waals surface area contributed by atoms with Crippen molar-refractivity contribution in [2.24, 2.45) is 0 Å². The van der Waals surface area contributed by atoms with E-state index in [-0.39, 0.29) is 6.10 Å². The normalized spacial score (nSPS) is 12.4. The van der Waals surface area contributed by atoms with Crippen molar-refractivity contribution in [3.63, 3.8) is 0 Å². The molecule has 0 aliphatic rings. The van der Waals surface area contributed by atoms with Gasteiger partial charge in [0.1, 0.15) is 0 Å². The number of methoxy groups -OCH3 is 1. The van der Waals surface area contributed by atoms with Gasteiger partial charge in [0.05, 0.1) is 11.8 Å². The average molecular weight is 248 g/mol. The number of aromatic nitrogens is 1. The van der Waals surface area contributed by atoms with Crippen molar-refractivity contribution < 1.29 is 4.74 Å². The summed E-state index contributed by atoms with van der Waals surface area (Å²) in [6.45, 7) is 2.80. The van der Waals surface area contributed by atoms with Crippen LogP contribution in [0.4, 0.5) is 5.13 Å². The van der Waals surface area contributed by atoms with Gasteiger partial charge in [-0.25, -0.2) is 4.98 Å². The molecular formula is C13H16N2OS. The second-order valence-electron chi connectivity index (χ2n) is 3.83. The summed E-state index contributed by atoms with van der Waals surface area (Å²) in [6, 6.07) is 10.2. The van der Waals surface area contributed by atoms with Gasteiger partial charge in [-0.2, -0.15) is 0 Å². The molecule has 3 nitrogen and oxygen atoms in total. The van der Waals surface area contributed by atoms with Crippen LogP contribution in [0.2, 0.25) is 0 Å². The smallest absolute Gasteiger partial charge is 0.183 e. The van der Waals surface area contributed by atoms with Crippen LogP contribution >= 0.6 is 11.3 Å². The molecule has 0 spiro atoms. The predicted molar refractivity (Wildman–Crippen MR) is 72.5 cm³/mol. The predicted octanol–water partition coefficient (Wildman–Crippen LogP) is 3.26. The van der Waals surface area contributed by atoms with Crippen molar-refractivity contribution in [3.05, 3.63) is 35.7 Å². The molecule has 0 saturated heterocycles. The molecule has 1 heterocycles. The van der Waals surface area contributed by atoms with Crippen LogP contribution in [0.25, 0.3) is 11.3 Å². The van der Waals surface area contributed by atoms with Gasteiger partial charge in [-0.3, -0.25) is 0 Å². The number of benzene rings is 1. The maximum atomic E-state index is 5.18. The molecule has 0 bridgehead atoms. The van der Waals surface area contributed by atoms with E-state index < -0.39 is 0 Å². The molecule has 0 saturated carbocycles. The summed E-state index contributed by atoms with van der Waals surface area (Å²) in [4.78, 5) is 4.54. The molecule has 2 aromatic rings. The molecule has 1 aromatic carbocycles. The first-order valence-corrected chi connectivity index (χ1v) is 6.45. The molecule has 4 heteroatoms. The molecule has 0 amide bonds. The fourth-order valence-corrected chi connectivity index (χ4v) is 2.14. The number of hydrogen-bond acceptors (Lipinski definition) is 4. The molecule has 1 unspecified atom stereocenters. The molecule has 1 N–H and O–H groups in total. The topological polar surface area (TPSA) is 34.1 Å². The van der Waals surface area contributed by atoms with Crippen molar-refractivity contribution in [1.82, 2.24) is 4.98 Å². The van der Waals surface area contributed by atoms with E-state index in [4.69, 9.17) is 4.74 Å². The van der Waals surface area contributed by atoms with Crippen molar-refractivity contribution in [2.45, 2.75) is 13.0 Å². The summed E-state index contributed by atoms with van der Waals surface area (Å²) in [5.41, 5.74) is 2.17. The van der Waals surface area contributed by atoms with Gasteiger partial charge in [-0.1, -0.05) is 30.3 Å². The summed E-state index contributed by atoms with van der Waals surface area (Å²) in [5.74, 6) is 0. The van der Waals surface area contributed by atoms with Gasteiger partial charge in [0, 0.05) is 24.6 Å². The third-order valence-corrected chi connectivity index (χ3v) is 3.32. The van der Waals surface area contributed by atoms with Crippen LogP contribution in [0.3, 0.4) is 0 Å². The Kier molecular flexibility index (Phi) is 4.12. The van der Waals surface area contributed by atoms with Crippen LogP contribution in [0, 0.1) is 0 Å². The Morgan fingerprint density at radius 2 is 2.12 bits per heavy atom. The summed E-state index contributed by atoms with van der Waals surface area (Å²) in [5, 5.41) is 6.27. The number of thiazole rings is 1. The van der Waals surface area contributed by atoms with Gasteiger partial charge in [0.2, 0.25) is 0 Å². The first-order chi connectivity index (χ1) is 8.29. The zero-order valence-electron chi connectivity index (χ0n) is 10.0. The fraction of sp³-hybridized carbons (Fsp3) is 0.308. The SMILES string of the molecule is COC(C)CNc1nc(-c2ccccc2)cs1. The van der Waals surface area contributed by atoms with Gasteiger partial charge in [0.15, 0.2) is 5.13 Å². The van der Waals surface area contributed by atoms with E-state index in [0.29, 0.717) is 0 Å². The molecule has 0 fully saturated rings. The maximum Gasteiger partial charge on any atom is 0.183 e. The summed E-state index contributed by atoms with van der Waals surface area (Å²) >= 11 is 1.62. The quantitative estimate of drug-likeness (QED) is 0.882. The largest absolute Gasteiger partial charge is 0.380 e. The standard InChI is InChI=1S/C13H16N2OS/c1-10(16-2)8-14-13-15-12(9-17-13)11-6-4-3-5-7-11/h3-7,9-10H,8H2,1-2H3,(H,14,15). The molecule has 1 atom stereocenters. The highest BCUT2D eigenvalue weighted by atomic mass is 32.1. The molecule has 1 aromatic heterocycles. The van der Waals surface area contributed by atoms with E-state index in [9.17, 15) is 0 Å². The Hall–Kier alpha value is -1.39. The van der Waals surface area contributed by atoms with Crippen molar-refractivity contribution >= 4 is 16.5 Å². The van der Waals surface area contributed by atoms with Crippen LogP contribution in [0.1, 0.15) is 6.92 Å². The Bertz CT molecular complexity index is 455. The number of nitrogens with one attached hydrogen (secondary N) is 1. The van der Waals surface area contributed by atoms with Gasteiger partial charge >= 0.3 is 0 Å². The molecule has 0 radical (unpaired) electrons. The zero-order chi connectivity index (χ0) is 12.1. The third-order valence-electron chi connectivity index (χ3n) is 2.52. The lowest BCUT2D eigenvalue weighted by Crippen LogP contribution is -2.17.